The summed E-state index contributed by atoms with van der Waals surface area (Å²) in [7, 11) is 0. The smallest absolute Gasteiger partial charge is 0.403 e. The summed E-state index contributed by atoms with van der Waals surface area (Å²) in [6, 6.07) is 26.0. The van der Waals surface area contributed by atoms with Gasteiger partial charge in [0.05, 0.1) is 0 Å². The fourth-order valence-electron chi connectivity index (χ4n) is 9.23. The first-order valence-corrected chi connectivity index (χ1v) is 22.5. The summed E-state index contributed by atoms with van der Waals surface area (Å²) in [5, 5.41) is 0. The van der Waals surface area contributed by atoms with Crippen molar-refractivity contribution in [3.05, 3.63) is 215 Å². The van der Waals surface area contributed by atoms with Crippen molar-refractivity contribution < 1.29 is 20.1 Å². The summed E-state index contributed by atoms with van der Waals surface area (Å²) in [6.45, 7) is 12.8. The van der Waals surface area contributed by atoms with Gasteiger partial charge in [0.15, 0.2) is 0 Å². The molecule has 0 amide bonds. The van der Waals surface area contributed by atoms with Crippen molar-refractivity contribution in [2.45, 2.75) is 80.1 Å². The Hall–Kier alpha value is -7.21. The number of aryl methyl sites for hydroxylation is 12. The van der Waals surface area contributed by atoms with Gasteiger partial charge in [0.1, 0.15) is 17.8 Å². The van der Waals surface area contributed by atoms with Crippen molar-refractivity contribution in [2.75, 3.05) is 0 Å². The van der Waals surface area contributed by atoms with Crippen LogP contribution in [0.15, 0.2) is 129 Å². The Bertz CT molecular complexity index is 2900. The molecule has 0 unspecified atom stereocenters. The van der Waals surface area contributed by atoms with Crippen LogP contribution in [0.5, 0.6) is 0 Å². The minimum Gasteiger partial charge on any atom is -0.403 e. The molecule has 0 fully saturated rings. The second-order valence-electron chi connectivity index (χ2n) is 17.3. The zero-order valence-electron chi connectivity index (χ0n) is 38.6. The zero-order chi connectivity index (χ0) is 45.3. The first-order chi connectivity index (χ1) is 32.2. The second-order valence-corrected chi connectivity index (χ2v) is 17.3. The summed E-state index contributed by atoms with van der Waals surface area (Å²) in [4.78, 5) is 28.3. The molecule has 12 nitrogen and oxygen atoms in total. The number of rotatable bonds is 15. The van der Waals surface area contributed by atoms with Crippen molar-refractivity contribution in [3.63, 3.8) is 0 Å². The van der Waals surface area contributed by atoms with Gasteiger partial charge in [0.25, 0.3) is 0 Å². The van der Waals surface area contributed by atoms with Crippen LogP contribution in [0.1, 0.15) is 67.2 Å². The van der Waals surface area contributed by atoms with Gasteiger partial charge in [-0.25, -0.2) is 0 Å². The van der Waals surface area contributed by atoms with Crippen molar-refractivity contribution in [1.29, 1.82) is 0 Å². The predicted octanol–water partition coefficient (Wildman–Crippen LogP) is 9.40. The van der Waals surface area contributed by atoms with Gasteiger partial charge in [-0.15, -0.1) is 0 Å². The molecule has 6 aromatic heterocycles. The molecule has 336 valence electrons. The van der Waals surface area contributed by atoms with Crippen molar-refractivity contribution in [1.82, 2.24) is 57.3 Å². The van der Waals surface area contributed by atoms with E-state index in [1.807, 2.05) is 69.5 Å². The molecule has 0 atom stereocenters. The number of para-hydroxylation sites is 3. The van der Waals surface area contributed by atoms with Gasteiger partial charge in [-0.2, -0.15) is 0 Å². The third-order valence-corrected chi connectivity index (χ3v) is 12.4. The van der Waals surface area contributed by atoms with Crippen LogP contribution in [0.4, 0.5) is 0 Å². The largest absolute Gasteiger partial charge is 3.00 e. The summed E-state index contributed by atoms with van der Waals surface area (Å²) in [5.41, 5.74) is 17.1. The Morgan fingerprint density at radius 3 is 0.925 bits per heavy atom. The molecule has 0 aliphatic carbocycles. The topological polar surface area (TPSA) is 107 Å². The van der Waals surface area contributed by atoms with Crippen molar-refractivity contribution in [2.24, 2.45) is 0 Å². The number of nitrogens with zero attached hydrogens (tertiary/aromatic N) is 12. The molecule has 0 aliphatic rings. The van der Waals surface area contributed by atoms with Crippen LogP contribution in [0.3, 0.4) is 0 Å². The van der Waals surface area contributed by atoms with E-state index in [2.05, 4.69) is 147 Å². The van der Waals surface area contributed by atoms with Gasteiger partial charge in [-0.05, 0) is 130 Å². The van der Waals surface area contributed by atoms with Crippen molar-refractivity contribution in [3.8, 4) is 34.9 Å². The fraction of sp³-hybridized carbons (Fsp3) is 0.222. The fourth-order valence-corrected chi connectivity index (χ4v) is 9.23. The number of hydrogen-bond donors (Lipinski definition) is 0. The number of aromatic nitrogens is 12. The normalized spacial score (nSPS) is 11.4. The quantitative estimate of drug-likeness (QED) is 0.0949. The van der Waals surface area contributed by atoms with Crippen LogP contribution >= 0.6 is 0 Å². The van der Waals surface area contributed by atoms with Gasteiger partial charge in [-0.1, -0.05) is 108 Å². The van der Waals surface area contributed by atoms with E-state index in [4.69, 9.17) is 29.9 Å². The molecule has 0 saturated carbocycles. The summed E-state index contributed by atoms with van der Waals surface area (Å²) in [5.74, 6) is 2.29. The molecular weight excluding hydrogens is 1010 g/mol. The molecule has 0 radical (unpaired) electrons. The maximum absolute atomic E-state index is 4.72. The average molecular weight is 1060 g/mol. The third kappa shape index (κ3) is 9.30. The molecule has 10 rings (SSSR count). The van der Waals surface area contributed by atoms with E-state index >= 15 is 0 Å². The van der Waals surface area contributed by atoms with Gasteiger partial charge in [-0.3, -0.25) is 15.0 Å². The number of hydrogen-bond acceptors (Lipinski definition) is 6. The first kappa shape index (κ1) is 45.0. The van der Waals surface area contributed by atoms with E-state index in [1.165, 1.54) is 50.1 Å². The molecular formula is C54H51IrN12. The Morgan fingerprint density at radius 2 is 0.657 bits per heavy atom. The minimum atomic E-state index is 0. The summed E-state index contributed by atoms with van der Waals surface area (Å²) in [6.07, 6.45) is 32.0. The average Bonchev–Trinajstić information content (AvgIpc) is 4.16. The van der Waals surface area contributed by atoms with Crippen LogP contribution < -0.4 is 0 Å². The Morgan fingerprint density at radius 1 is 0.388 bits per heavy atom. The molecule has 13 heteroatoms. The van der Waals surface area contributed by atoms with E-state index in [9.17, 15) is 0 Å². The van der Waals surface area contributed by atoms with Gasteiger partial charge < -0.3 is 42.4 Å². The van der Waals surface area contributed by atoms with E-state index < -0.39 is 0 Å². The van der Waals surface area contributed by atoms with Crippen LogP contribution in [-0.4, -0.2) is 57.3 Å². The third-order valence-electron chi connectivity index (χ3n) is 12.4. The maximum atomic E-state index is 4.72. The summed E-state index contributed by atoms with van der Waals surface area (Å²) >= 11 is 0. The van der Waals surface area contributed by atoms with E-state index in [0.29, 0.717) is 0 Å². The monoisotopic (exact) mass is 1060 g/mol. The van der Waals surface area contributed by atoms with Crippen LogP contribution in [-0.2, 0) is 58.6 Å². The van der Waals surface area contributed by atoms with E-state index in [0.717, 1.165) is 90.5 Å². The molecule has 0 spiro atoms. The van der Waals surface area contributed by atoms with E-state index in [1.54, 1.807) is 0 Å². The molecule has 4 aromatic carbocycles. The van der Waals surface area contributed by atoms with Gasteiger partial charge in [0.2, 0.25) is 0 Å². The van der Waals surface area contributed by atoms with Crippen LogP contribution in [0.25, 0.3) is 34.9 Å². The van der Waals surface area contributed by atoms with Crippen molar-refractivity contribution >= 4 is 0 Å². The number of imidazole rings is 6. The molecule has 0 N–H and O–H groups in total. The first-order valence-electron chi connectivity index (χ1n) is 22.5. The Balaban J connectivity index is 0.00000562. The molecule has 0 saturated heterocycles. The van der Waals surface area contributed by atoms with Crippen LogP contribution in [0, 0.1) is 60.5 Å². The minimum absolute atomic E-state index is 0. The summed E-state index contributed by atoms with van der Waals surface area (Å²) < 4.78 is 12.0. The van der Waals surface area contributed by atoms with Gasteiger partial charge >= 0.3 is 20.1 Å². The van der Waals surface area contributed by atoms with E-state index in [-0.39, 0.29) is 20.1 Å². The second kappa shape index (κ2) is 19.3. The Kier molecular flexibility index (Phi) is 13.0. The molecule has 0 aliphatic heterocycles. The SMILES string of the molecule is Cc1cccc(C)c1-n1ccnc1-n1[c-]nc(CCc2cc(CCc3cn(-c4nccn4-c4c(C)cccc4C)[c-]n3)cc(CCc3cn(-c4nccn4-c4c(C)cccc4C)[c-]n3)c2)c1.[Ir+3]. The number of benzene rings is 4. The van der Waals surface area contributed by atoms with Crippen LogP contribution in [0.2, 0.25) is 0 Å². The molecule has 10 aromatic rings. The molecule has 6 heterocycles. The van der Waals surface area contributed by atoms with Gasteiger partial charge in [0, 0.05) is 73.2 Å². The Labute approximate surface area is 405 Å². The molecule has 67 heavy (non-hydrogen) atoms. The predicted molar refractivity (Wildman–Crippen MR) is 256 cm³/mol. The maximum Gasteiger partial charge on any atom is 3.00 e. The molecule has 0 bridgehead atoms. The standard InChI is InChI=1S/C54H51N12.Ir/c1-37-10-7-11-38(2)49(37)64-25-22-55-52(64)61-31-46(58-34-61)19-16-43-28-44(17-20-47-32-62(35-59-47)53-56-23-26-65(53)50-39(3)12-8-13-40(50)4)30-45(29-43)18-21-48-33-63(36-60-48)54-57-24-27-66(54)51-41(5)14-9-15-42(51)6;/h7-15,22-33H,16-21H2,1-6H3;/q-3;+3. The zero-order valence-corrected chi connectivity index (χ0v) is 41.0.